The van der Waals surface area contributed by atoms with Gasteiger partial charge in [-0.1, -0.05) is 6.92 Å². The lowest BCUT2D eigenvalue weighted by molar-refractivity contribution is -0.384. The number of rotatable bonds is 3. The van der Waals surface area contributed by atoms with Crippen LogP contribution >= 0.6 is 0 Å². The molecule has 1 saturated heterocycles. The van der Waals surface area contributed by atoms with Crippen LogP contribution in [-0.4, -0.2) is 30.2 Å². The minimum Gasteiger partial charge on any atom is -0.456 e. The van der Waals surface area contributed by atoms with Gasteiger partial charge in [0.1, 0.15) is 6.10 Å². The molecule has 1 aliphatic rings. The van der Waals surface area contributed by atoms with Crippen LogP contribution < -0.4 is 0 Å². The fraction of sp³-hybridized carbons (Fsp3) is 0.417. The molecule has 1 aromatic rings. The molecule has 1 fully saturated rings. The Balaban J connectivity index is 2.02. The molecule has 6 nitrogen and oxygen atoms in total. The Hall–Kier alpha value is -1.95. The molecule has 6 heteroatoms. The number of carbonyl (C=O) groups excluding carboxylic acids is 1. The standard InChI is InChI=1S/C12H13NO5/c1-8-6-17-7-11(8)18-12(14)9-2-4-10(5-3-9)13(15)16/h2-5,8,11H,6-7H2,1H3/t8-,11+/m1/s1. The summed E-state index contributed by atoms with van der Waals surface area (Å²) in [4.78, 5) is 21.7. The van der Waals surface area contributed by atoms with Crippen molar-refractivity contribution in [3.05, 3.63) is 39.9 Å². The highest BCUT2D eigenvalue weighted by Gasteiger charge is 2.28. The Morgan fingerprint density at radius 2 is 2.06 bits per heavy atom. The van der Waals surface area contributed by atoms with Gasteiger partial charge in [-0.05, 0) is 12.1 Å². The van der Waals surface area contributed by atoms with Crippen LogP contribution in [0, 0.1) is 16.0 Å². The number of esters is 1. The third-order valence-corrected chi connectivity index (χ3v) is 2.87. The molecule has 2 rings (SSSR count). The second kappa shape index (κ2) is 5.14. The number of hydrogen-bond donors (Lipinski definition) is 0. The smallest absolute Gasteiger partial charge is 0.338 e. The van der Waals surface area contributed by atoms with Gasteiger partial charge in [-0.3, -0.25) is 10.1 Å². The Labute approximate surface area is 104 Å². The fourth-order valence-electron chi connectivity index (χ4n) is 1.72. The van der Waals surface area contributed by atoms with Crippen LogP contribution in [0.25, 0.3) is 0 Å². The first-order valence-corrected chi connectivity index (χ1v) is 5.61. The first kappa shape index (κ1) is 12.5. The number of hydrogen-bond acceptors (Lipinski definition) is 5. The molecule has 0 aromatic heterocycles. The summed E-state index contributed by atoms with van der Waals surface area (Å²) in [5.74, 6) is -0.306. The molecule has 0 bridgehead atoms. The average molecular weight is 251 g/mol. The van der Waals surface area contributed by atoms with Gasteiger partial charge < -0.3 is 9.47 Å². The monoisotopic (exact) mass is 251 g/mol. The normalized spacial score (nSPS) is 22.7. The zero-order chi connectivity index (χ0) is 13.1. The van der Waals surface area contributed by atoms with E-state index in [1.165, 1.54) is 24.3 Å². The summed E-state index contributed by atoms with van der Waals surface area (Å²) in [6.45, 7) is 2.93. The average Bonchev–Trinajstić information content (AvgIpc) is 2.75. The van der Waals surface area contributed by atoms with E-state index in [2.05, 4.69) is 0 Å². The third-order valence-electron chi connectivity index (χ3n) is 2.87. The van der Waals surface area contributed by atoms with Crippen molar-refractivity contribution >= 4 is 11.7 Å². The summed E-state index contributed by atoms with van der Waals surface area (Å²) in [7, 11) is 0. The fourth-order valence-corrected chi connectivity index (χ4v) is 1.72. The molecular formula is C12H13NO5. The summed E-state index contributed by atoms with van der Waals surface area (Å²) in [6.07, 6.45) is -0.243. The van der Waals surface area contributed by atoms with Crippen LogP contribution in [-0.2, 0) is 9.47 Å². The second-order valence-corrected chi connectivity index (χ2v) is 4.26. The van der Waals surface area contributed by atoms with Gasteiger partial charge in [0.05, 0.1) is 23.7 Å². The van der Waals surface area contributed by atoms with E-state index < -0.39 is 10.9 Å². The number of ether oxygens (including phenoxy) is 2. The van der Waals surface area contributed by atoms with E-state index >= 15 is 0 Å². The van der Waals surface area contributed by atoms with Gasteiger partial charge in [-0.2, -0.15) is 0 Å². The maximum atomic E-state index is 11.8. The van der Waals surface area contributed by atoms with Crippen molar-refractivity contribution in [1.82, 2.24) is 0 Å². The van der Waals surface area contributed by atoms with E-state index in [-0.39, 0.29) is 17.7 Å². The summed E-state index contributed by atoms with van der Waals surface area (Å²) in [5.41, 5.74) is 0.254. The van der Waals surface area contributed by atoms with Crippen molar-refractivity contribution in [1.29, 1.82) is 0 Å². The third kappa shape index (κ3) is 2.65. The molecule has 0 N–H and O–H groups in total. The number of benzene rings is 1. The molecule has 0 aliphatic carbocycles. The number of nitro benzene ring substituents is 1. The highest BCUT2D eigenvalue weighted by atomic mass is 16.6. The van der Waals surface area contributed by atoms with Gasteiger partial charge >= 0.3 is 5.97 Å². The zero-order valence-electron chi connectivity index (χ0n) is 9.87. The number of nitro groups is 1. The number of carbonyl (C=O) groups is 1. The van der Waals surface area contributed by atoms with Gasteiger partial charge in [-0.15, -0.1) is 0 Å². The first-order valence-electron chi connectivity index (χ1n) is 5.61. The highest BCUT2D eigenvalue weighted by Crippen LogP contribution is 2.19. The maximum absolute atomic E-state index is 11.8. The molecule has 96 valence electrons. The van der Waals surface area contributed by atoms with E-state index in [1.807, 2.05) is 6.92 Å². The molecule has 0 radical (unpaired) electrons. The highest BCUT2D eigenvalue weighted by molar-refractivity contribution is 5.89. The van der Waals surface area contributed by atoms with Crippen molar-refractivity contribution < 1.29 is 19.2 Å². The second-order valence-electron chi connectivity index (χ2n) is 4.26. The van der Waals surface area contributed by atoms with Crippen LogP contribution in [0.15, 0.2) is 24.3 Å². The zero-order valence-corrected chi connectivity index (χ0v) is 9.87. The first-order chi connectivity index (χ1) is 8.58. The van der Waals surface area contributed by atoms with E-state index in [4.69, 9.17) is 9.47 Å². The molecule has 18 heavy (non-hydrogen) atoms. The molecule has 1 heterocycles. The molecular weight excluding hydrogens is 238 g/mol. The molecule has 1 aromatic carbocycles. The van der Waals surface area contributed by atoms with E-state index in [0.717, 1.165) is 0 Å². The predicted molar refractivity (Wildman–Crippen MR) is 62.3 cm³/mol. The van der Waals surface area contributed by atoms with Crippen LogP contribution in [0.2, 0.25) is 0 Å². The van der Waals surface area contributed by atoms with Crippen LogP contribution in [0.3, 0.4) is 0 Å². The Morgan fingerprint density at radius 1 is 1.39 bits per heavy atom. The van der Waals surface area contributed by atoms with Crippen LogP contribution in [0.5, 0.6) is 0 Å². The minimum atomic E-state index is -0.512. The SMILES string of the molecule is C[C@@H]1COC[C@@H]1OC(=O)c1ccc([N+](=O)[O-])cc1. The van der Waals surface area contributed by atoms with Crippen molar-refractivity contribution in [2.24, 2.45) is 5.92 Å². The van der Waals surface area contributed by atoms with Gasteiger partial charge in [-0.25, -0.2) is 4.79 Å². The summed E-state index contributed by atoms with van der Waals surface area (Å²) < 4.78 is 10.5. The lowest BCUT2D eigenvalue weighted by Crippen LogP contribution is -2.23. The van der Waals surface area contributed by atoms with Crippen LogP contribution in [0.4, 0.5) is 5.69 Å². The van der Waals surface area contributed by atoms with Crippen molar-refractivity contribution in [2.75, 3.05) is 13.2 Å². The minimum absolute atomic E-state index is 0.0517. The van der Waals surface area contributed by atoms with E-state index in [0.29, 0.717) is 18.8 Å². The number of nitrogens with zero attached hydrogens (tertiary/aromatic N) is 1. The topological polar surface area (TPSA) is 78.7 Å². The summed E-state index contributed by atoms with van der Waals surface area (Å²) >= 11 is 0. The quantitative estimate of drug-likeness (QED) is 0.465. The molecule has 0 saturated carbocycles. The largest absolute Gasteiger partial charge is 0.456 e. The maximum Gasteiger partial charge on any atom is 0.338 e. The Kier molecular flexibility index (Phi) is 3.57. The predicted octanol–water partition coefficient (Wildman–Crippen LogP) is 1.79. The number of non-ortho nitro benzene ring substituents is 1. The molecule has 1 aliphatic heterocycles. The summed E-state index contributed by atoms with van der Waals surface area (Å²) in [5, 5.41) is 10.5. The van der Waals surface area contributed by atoms with Gasteiger partial charge in [0.2, 0.25) is 0 Å². The summed E-state index contributed by atoms with van der Waals surface area (Å²) in [6, 6.07) is 5.35. The van der Waals surface area contributed by atoms with Gasteiger partial charge in [0.15, 0.2) is 0 Å². The van der Waals surface area contributed by atoms with Gasteiger partial charge in [0.25, 0.3) is 5.69 Å². The van der Waals surface area contributed by atoms with E-state index in [1.54, 1.807) is 0 Å². The Morgan fingerprint density at radius 3 is 2.56 bits per heavy atom. The lowest BCUT2D eigenvalue weighted by atomic mass is 10.1. The Bertz CT molecular complexity index is 456. The molecule has 2 atom stereocenters. The lowest BCUT2D eigenvalue weighted by Gasteiger charge is -2.14. The van der Waals surface area contributed by atoms with Crippen LogP contribution in [0.1, 0.15) is 17.3 Å². The van der Waals surface area contributed by atoms with Gasteiger partial charge in [0, 0.05) is 18.1 Å². The molecule has 0 amide bonds. The van der Waals surface area contributed by atoms with Crippen molar-refractivity contribution in [3.63, 3.8) is 0 Å². The molecule has 0 spiro atoms. The van der Waals surface area contributed by atoms with Crippen molar-refractivity contribution in [3.8, 4) is 0 Å². The van der Waals surface area contributed by atoms with Crippen molar-refractivity contribution in [2.45, 2.75) is 13.0 Å². The molecule has 0 unspecified atom stereocenters. The van der Waals surface area contributed by atoms with E-state index in [9.17, 15) is 14.9 Å².